The molecule has 0 spiro atoms. The highest BCUT2D eigenvalue weighted by Gasteiger charge is 2.17. The van der Waals surface area contributed by atoms with E-state index in [2.05, 4.69) is 4.74 Å². The Morgan fingerprint density at radius 3 is 2.48 bits per heavy atom. The number of allylic oxidation sites excluding steroid dienone is 1. The van der Waals surface area contributed by atoms with E-state index < -0.39 is 11.9 Å². The molecule has 0 bridgehead atoms. The predicted molar refractivity (Wildman–Crippen MR) is 106 cm³/mol. The van der Waals surface area contributed by atoms with Crippen LogP contribution in [0.3, 0.4) is 0 Å². The summed E-state index contributed by atoms with van der Waals surface area (Å²) >= 11 is 0. The molecule has 1 atom stereocenters. The summed E-state index contributed by atoms with van der Waals surface area (Å²) in [7, 11) is 1.27. The first-order valence-electron chi connectivity index (χ1n) is 8.86. The highest BCUT2D eigenvalue weighted by atomic mass is 16.5. The number of methoxy groups -OCH3 is 1. The van der Waals surface area contributed by atoms with Crippen molar-refractivity contribution >= 4 is 28.8 Å². The zero-order valence-corrected chi connectivity index (χ0v) is 15.9. The number of rotatable bonds is 6. The van der Waals surface area contributed by atoms with Crippen LogP contribution in [-0.2, 0) is 14.3 Å². The summed E-state index contributed by atoms with van der Waals surface area (Å²) in [5, 5.41) is 29.8. The van der Waals surface area contributed by atoms with Gasteiger partial charge in [-0.1, -0.05) is 19.1 Å². The second-order valence-corrected chi connectivity index (χ2v) is 6.66. The van der Waals surface area contributed by atoms with Crippen LogP contribution in [-0.4, -0.2) is 34.2 Å². The SMILES string of the molecule is COC(=O)[C@H](C)CC(=O)/C=C/c1ccc(O)c2oc(-c3ccc(O)c(O)c3)cc12. The Labute approximate surface area is 166 Å². The van der Waals surface area contributed by atoms with Gasteiger partial charge in [-0.2, -0.15) is 0 Å². The van der Waals surface area contributed by atoms with Crippen molar-refractivity contribution in [2.24, 2.45) is 5.92 Å². The van der Waals surface area contributed by atoms with E-state index in [4.69, 9.17) is 4.42 Å². The lowest BCUT2D eigenvalue weighted by molar-refractivity contribution is -0.146. The average Bonchev–Trinajstić information content (AvgIpc) is 3.15. The molecule has 1 aromatic heterocycles. The van der Waals surface area contributed by atoms with Crippen molar-refractivity contribution in [1.29, 1.82) is 0 Å². The third-order valence-corrected chi connectivity index (χ3v) is 4.52. The molecular weight excluding hydrogens is 376 g/mol. The van der Waals surface area contributed by atoms with Crippen LogP contribution in [0.4, 0.5) is 0 Å². The maximum atomic E-state index is 12.1. The second-order valence-electron chi connectivity index (χ2n) is 6.66. The second kappa shape index (κ2) is 8.10. The van der Waals surface area contributed by atoms with E-state index in [0.29, 0.717) is 22.3 Å². The van der Waals surface area contributed by atoms with Crippen molar-refractivity contribution in [2.45, 2.75) is 13.3 Å². The number of ether oxygens (including phenoxy) is 1. The summed E-state index contributed by atoms with van der Waals surface area (Å²) in [6, 6.07) is 9.00. The van der Waals surface area contributed by atoms with Gasteiger partial charge >= 0.3 is 5.97 Å². The lowest BCUT2D eigenvalue weighted by Gasteiger charge is -2.05. The van der Waals surface area contributed by atoms with Crippen LogP contribution in [0.1, 0.15) is 18.9 Å². The smallest absolute Gasteiger partial charge is 0.308 e. The van der Waals surface area contributed by atoms with Crippen LogP contribution in [0.25, 0.3) is 28.4 Å². The number of hydrogen-bond donors (Lipinski definition) is 3. The Bertz CT molecular complexity index is 1110. The molecule has 29 heavy (non-hydrogen) atoms. The molecule has 2 aromatic carbocycles. The lowest BCUT2D eigenvalue weighted by Crippen LogP contribution is -2.15. The summed E-state index contributed by atoms with van der Waals surface area (Å²) in [6.45, 7) is 1.62. The molecule has 0 radical (unpaired) electrons. The first-order chi connectivity index (χ1) is 13.8. The van der Waals surface area contributed by atoms with Gasteiger partial charge in [-0.15, -0.1) is 0 Å². The summed E-state index contributed by atoms with van der Waals surface area (Å²) in [6.07, 6.45) is 2.97. The van der Waals surface area contributed by atoms with Gasteiger partial charge in [0.25, 0.3) is 0 Å². The van der Waals surface area contributed by atoms with Crippen molar-refractivity contribution in [2.75, 3.05) is 7.11 Å². The van der Waals surface area contributed by atoms with Crippen molar-refractivity contribution < 1.29 is 34.1 Å². The Morgan fingerprint density at radius 2 is 1.79 bits per heavy atom. The molecule has 0 aliphatic heterocycles. The fraction of sp³-hybridized carbons (Fsp3) is 0.182. The fourth-order valence-electron chi connectivity index (χ4n) is 2.93. The molecule has 0 saturated heterocycles. The number of fused-ring (bicyclic) bond motifs is 1. The quantitative estimate of drug-likeness (QED) is 0.327. The van der Waals surface area contributed by atoms with E-state index in [-0.39, 0.29) is 35.0 Å². The maximum Gasteiger partial charge on any atom is 0.308 e. The number of aromatic hydroxyl groups is 3. The van der Waals surface area contributed by atoms with Gasteiger partial charge in [0.2, 0.25) is 0 Å². The third kappa shape index (κ3) is 4.24. The Kier molecular flexibility index (Phi) is 5.59. The number of benzene rings is 2. The number of carbonyl (C=O) groups excluding carboxylic acids is 2. The van der Waals surface area contributed by atoms with Crippen molar-refractivity contribution in [1.82, 2.24) is 0 Å². The Hall–Kier alpha value is -3.74. The minimum atomic E-state index is -0.542. The van der Waals surface area contributed by atoms with Crippen LogP contribution < -0.4 is 0 Å². The number of carbonyl (C=O) groups is 2. The summed E-state index contributed by atoms with van der Waals surface area (Å²) in [4.78, 5) is 23.6. The first-order valence-corrected chi connectivity index (χ1v) is 8.86. The molecule has 0 unspecified atom stereocenters. The van der Waals surface area contributed by atoms with Gasteiger partial charge < -0.3 is 24.5 Å². The number of hydrogen-bond acceptors (Lipinski definition) is 7. The van der Waals surface area contributed by atoms with Gasteiger partial charge in [-0.3, -0.25) is 9.59 Å². The molecule has 3 N–H and O–H groups in total. The molecule has 3 rings (SSSR count). The van der Waals surface area contributed by atoms with E-state index in [0.717, 1.165) is 0 Å². The fourth-order valence-corrected chi connectivity index (χ4v) is 2.93. The summed E-state index contributed by atoms with van der Waals surface area (Å²) in [5.41, 5.74) is 1.37. The lowest BCUT2D eigenvalue weighted by atomic mass is 10.0. The van der Waals surface area contributed by atoms with Crippen LogP contribution in [0.15, 0.2) is 46.9 Å². The zero-order valence-electron chi connectivity index (χ0n) is 15.9. The predicted octanol–water partition coefficient (Wildman–Crippen LogP) is 4.00. The van der Waals surface area contributed by atoms with Gasteiger partial charge in [-0.25, -0.2) is 0 Å². The molecular formula is C22H20O7. The Balaban J connectivity index is 1.92. The molecule has 0 saturated carbocycles. The van der Waals surface area contributed by atoms with E-state index in [1.807, 2.05) is 0 Å². The molecule has 150 valence electrons. The van der Waals surface area contributed by atoms with E-state index in [1.165, 1.54) is 31.4 Å². The molecule has 0 fully saturated rings. The zero-order chi connectivity index (χ0) is 21.1. The van der Waals surface area contributed by atoms with Gasteiger partial charge in [-0.05, 0) is 42.0 Å². The van der Waals surface area contributed by atoms with Crippen LogP contribution in [0.5, 0.6) is 17.2 Å². The molecule has 0 aliphatic rings. The van der Waals surface area contributed by atoms with E-state index in [9.17, 15) is 24.9 Å². The number of phenolic OH excluding ortho intramolecular Hbond substituents is 3. The normalized spacial score (nSPS) is 12.3. The van der Waals surface area contributed by atoms with Crippen molar-refractivity contribution in [3.05, 3.63) is 48.0 Å². The van der Waals surface area contributed by atoms with Crippen LogP contribution in [0, 0.1) is 5.92 Å². The van der Waals surface area contributed by atoms with Crippen LogP contribution in [0.2, 0.25) is 0 Å². The van der Waals surface area contributed by atoms with Crippen molar-refractivity contribution in [3.8, 4) is 28.6 Å². The average molecular weight is 396 g/mol. The highest BCUT2D eigenvalue weighted by molar-refractivity contribution is 6.00. The molecule has 3 aromatic rings. The number of furan rings is 1. The summed E-state index contributed by atoms with van der Waals surface area (Å²) < 4.78 is 10.3. The molecule has 0 amide bonds. The number of phenols is 3. The van der Waals surface area contributed by atoms with Crippen molar-refractivity contribution in [3.63, 3.8) is 0 Å². The van der Waals surface area contributed by atoms with Gasteiger partial charge in [0, 0.05) is 17.4 Å². The van der Waals surface area contributed by atoms with E-state index in [1.54, 1.807) is 31.2 Å². The summed E-state index contributed by atoms with van der Waals surface area (Å²) in [5.74, 6) is -1.48. The third-order valence-electron chi connectivity index (χ3n) is 4.52. The molecule has 7 nitrogen and oxygen atoms in total. The standard InChI is InChI=1S/C22H20O7/c1-12(22(27)28-2)9-15(23)6-3-13-4-8-18(25)21-16(13)11-20(29-21)14-5-7-17(24)19(26)10-14/h3-8,10-12,24-26H,9H2,1-2H3/b6-3+/t12-/m1/s1. The number of ketones is 1. The maximum absolute atomic E-state index is 12.1. The topological polar surface area (TPSA) is 117 Å². The minimum absolute atomic E-state index is 0.0216. The Morgan fingerprint density at radius 1 is 1.07 bits per heavy atom. The van der Waals surface area contributed by atoms with E-state index >= 15 is 0 Å². The van der Waals surface area contributed by atoms with Gasteiger partial charge in [0.1, 0.15) is 5.76 Å². The van der Waals surface area contributed by atoms with Gasteiger partial charge in [0.05, 0.1) is 13.0 Å². The largest absolute Gasteiger partial charge is 0.504 e. The molecule has 1 heterocycles. The van der Waals surface area contributed by atoms with Gasteiger partial charge in [0.15, 0.2) is 28.6 Å². The first kappa shape index (κ1) is 20.0. The monoisotopic (exact) mass is 396 g/mol. The molecule has 7 heteroatoms. The minimum Gasteiger partial charge on any atom is -0.504 e. The molecule has 0 aliphatic carbocycles. The number of esters is 1. The highest BCUT2D eigenvalue weighted by Crippen LogP contribution is 2.37. The van der Waals surface area contributed by atoms with Crippen LogP contribution >= 0.6 is 0 Å².